The lowest BCUT2D eigenvalue weighted by Gasteiger charge is -2.09. The number of hydrogen-bond donors (Lipinski definition) is 0. The van der Waals surface area contributed by atoms with Gasteiger partial charge in [-0.15, -0.1) is 0 Å². The van der Waals surface area contributed by atoms with Crippen LogP contribution < -0.4 is 0 Å². The van der Waals surface area contributed by atoms with Crippen molar-refractivity contribution in [1.82, 2.24) is 15.0 Å². The van der Waals surface area contributed by atoms with Crippen LogP contribution in [0.4, 0.5) is 0 Å². The van der Waals surface area contributed by atoms with Gasteiger partial charge in [-0.3, -0.25) is 4.98 Å². The van der Waals surface area contributed by atoms with E-state index in [0.717, 1.165) is 11.8 Å². The third-order valence-corrected chi connectivity index (χ3v) is 4.19. The second-order valence-electron chi connectivity index (χ2n) is 4.76. The molecule has 0 N–H and O–H groups in total. The average molecular weight is 311 g/mol. The molecule has 1 aromatic carbocycles. The highest BCUT2D eigenvalue weighted by Crippen LogP contribution is 2.26. The molecular formula is C16H13N3O2S. The van der Waals surface area contributed by atoms with E-state index in [4.69, 9.17) is 0 Å². The van der Waals surface area contributed by atoms with Crippen molar-refractivity contribution >= 4 is 9.84 Å². The zero-order valence-corrected chi connectivity index (χ0v) is 12.7. The van der Waals surface area contributed by atoms with Crippen molar-refractivity contribution in [2.45, 2.75) is 4.90 Å². The summed E-state index contributed by atoms with van der Waals surface area (Å²) < 4.78 is 24.0. The lowest BCUT2D eigenvalue weighted by molar-refractivity contribution is 0.601. The number of rotatable bonds is 3. The van der Waals surface area contributed by atoms with E-state index in [9.17, 15) is 8.42 Å². The minimum Gasteiger partial charge on any atom is -0.253 e. The minimum atomic E-state index is -3.43. The van der Waals surface area contributed by atoms with Crippen molar-refractivity contribution in [1.29, 1.82) is 0 Å². The fraction of sp³-hybridized carbons (Fsp3) is 0.0625. The van der Waals surface area contributed by atoms with Gasteiger partial charge in [0.2, 0.25) is 0 Å². The Morgan fingerprint density at radius 2 is 1.64 bits per heavy atom. The molecule has 0 aliphatic carbocycles. The second-order valence-corrected chi connectivity index (χ2v) is 6.74. The number of aromatic nitrogens is 3. The van der Waals surface area contributed by atoms with Gasteiger partial charge in [-0.25, -0.2) is 18.4 Å². The van der Waals surface area contributed by atoms with Crippen LogP contribution in [0.3, 0.4) is 0 Å². The van der Waals surface area contributed by atoms with Crippen LogP contribution in [0.15, 0.2) is 65.8 Å². The molecule has 0 fully saturated rings. The Labute approximate surface area is 128 Å². The van der Waals surface area contributed by atoms with Gasteiger partial charge in [-0.05, 0) is 12.1 Å². The first-order valence-electron chi connectivity index (χ1n) is 6.59. The predicted octanol–water partition coefficient (Wildman–Crippen LogP) is 2.61. The molecule has 0 saturated heterocycles. The molecule has 0 radical (unpaired) electrons. The van der Waals surface area contributed by atoms with Crippen LogP contribution >= 0.6 is 0 Å². The molecule has 0 amide bonds. The summed E-state index contributed by atoms with van der Waals surface area (Å²) in [5.41, 5.74) is 1.71. The summed E-state index contributed by atoms with van der Waals surface area (Å²) >= 11 is 0. The van der Waals surface area contributed by atoms with E-state index >= 15 is 0 Å². The number of nitrogens with zero attached hydrogens (tertiary/aromatic N) is 3. The van der Waals surface area contributed by atoms with Gasteiger partial charge in [0.05, 0.1) is 11.9 Å². The van der Waals surface area contributed by atoms with Gasteiger partial charge in [-0.1, -0.05) is 36.4 Å². The van der Waals surface area contributed by atoms with Crippen molar-refractivity contribution in [3.05, 3.63) is 60.9 Å². The van der Waals surface area contributed by atoms with Crippen LogP contribution in [0, 0.1) is 0 Å². The Kier molecular flexibility index (Phi) is 3.68. The zero-order chi connectivity index (χ0) is 15.6. The van der Waals surface area contributed by atoms with Crippen LogP contribution in [-0.2, 0) is 9.84 Å². The topological polar surface area (TPSA) is 72.8 Å². The third-order valence-electron chi connectivity index (χ3n) is 3.10. The normalized spacial score (nSPS) is 11.3. The zero-order valence-electron chi connectivity index (χ0n) is 11.8. The first kappa shape index (κ1) is 14.3. The molecule has 22 heavy (non-hydrogen) atoms. The molecule has 0 saturated carbocycles. The summed E-state index contributed by atoms with van der Waals surface area (Å²) in [6.45, 7) is 0. The molecule has 0 spiro atoms. The van der Waals surface area contributed by atoms with Crippen molar-refractivity contribution < 1.29 is 8.42 Å². The van der Waals surface area contributed by atoms with Gasteiger partial charge in [0.1, 0.15) is 10.6 Å². The number of hydrogen-bond acceptors (Lipinski definition) is 5. The standard InChI is InChI=1S/C16H13N3O2S/c1-22(20,21)14-11-18-16(13-9-5-6-10-17-13)19-15(14)12-7-3-2-4-8-12/h2-11H,1H3. The highest BCUT2D eigenvalue weighted by atomic mass is 32.2. The van der Waals surface area contributed by atoms with Crippen molar-refractivity contribution in [2.75, 3.05) is 6.26 Å². The Morgan fingerprint density at radius 3 is 2.27 bits per heavy atom. The Morgan fingerprint density at radius 1 is 0.909 bits per heavy atom. The van der Waals surface area contributed by atoms with E-state index in [2.05, 4.69) is 15.0 Å². The lowest BCUT2D eigenvalue weighted by Crippen LogP contribution is -2.05. The Bertz CT molecular complexity index is 895. The van der Waals surface area contributed by atoms with E-state index in [1.165, 1.54) is 6.20 Å². The molecule has 2 heterocycles. The highest BCUT2D eigenvalue weighted by Gasteiger charge is 2.18. The van der Waals surface area contributed by atoms with Crippen molar-refractivity contribution in [3.63, 3.8) is 0 Å². The average Bonchev–Trinajstić information content (AvgIpc) is 2.55. The minimum absolute atomic E-state index is 0.110. The largest absolute Gasteiger partial charge is 0.253 e. The van der Waals surface area contributed by atoms with Crippen LogP contribution in [0.5, 0.6) is 0 Å². The summed E-state index contributed by atoms with van der Waals surface area (Å²) in [5, 5.41) is 0. The van der Waals surface area contributed by atoms with Crippen LogP contribution in [0.25, 0.3) is 22.8 Å². The summed E-state index contributed by atoms with van der Waals surface area (Å²) in [4.78, 5) is 12.9. The fourth-order valence-corrected chi connectivity index (χ4v) is 2.82. The number of sulfone groups is 1. The molecule has 3 aromatic rings. The monoisotopic (exact) mass is 311 g/mol. The van der Waals surface area contributed by atoms with Crippen molar-refractivity contribution in [3.8, 4) is 22.8 Å². The summed E-state index contributed by atoms with van der Waals surface area (Å²) in [6.07, 6.45) is 4.14. The molecule has 0 bridgehead atoms. The van der Waals surface area contributed by atoms with Crippen molar-refractivity contribution in [2.24, 2.45) is 0 Å². The summed E-state index contributed by atoms with van der Waals surface area (Å²) in [7, 11) is -3.43. The maximum absolute atomic E-state index is 12.0. The smallest absolute Gasteiger partial charge is 0.179 e. The maximum Gasteiger partial charge on any atom is 0.179 e. The SMILES string of the molecule is CS(=O)(=O)c1cnc(-c2ccccn2)nc1-c1ccccc1. The first-order valence-corrected chi connectivity index (χ1v) is 8.49. The molecule has 5 nitrogen and oxygen atoms in total. The van der Waals surface area contributed by atoms with Gasteiger partial charge >= 0.3 is 0 Å². The Balaban J connectivity index is 2.24. The molecule has 3 rings (SSSR count). The van der Waals surface area contributed by atoms with Crippen LogP contribution in [0.2, 0.25) is 0 Å². The predicted molar refractivity (Wildman–Crippen MR) is 83.8 cm³/mol. The quantitative estimate of drug-likeness (QED) is 0.743. The fourth-order valence-electron chi connectivity index (χ4n) is 2.06. The number of benzene rings is 1. The molecule has 6 heteroatoms. The van der Waals surface area contributed by atoms with E-state index in [1.807, 2.05) is 36.4 Å². The molecule has 0 aliphatic rings. The molecule has 0 unspecified atom stereocenters. The molecule has 0 aliphatic heterocycles. The second kappa shape index (κ2) is 5.65. The molecular weight excluding hydrogens is 298 g/mol. The lowest BCUT2D eigenvalue weighted by atomic mass is 10.1. The van der Waals surface area contributed by atoms with E-state index in [0.29, 0.717) is 17.2 Å². The van der Waals surface area contributed by atoms with E-state index < -0.39 is 9.84 Å². The third kappa shape index (κ3) is 2.87. The number of pyridine rings is 1. The van der Waals surface area contributed by atoms with Gasteiger partial charge in [0.25, 0.3) is 0 Å². The van der Waals surface area contributed by atoms with Gasteiger partial charge in [-0.2, -0.15) is 0 Å². The van der Waals surface area contributed by atoms with Crippen LogP contribution in [0.1, 0.15) is 0 Å². The van der Waals surface area contributed by atoms with E-state index in [-0.39, 0.29) is 4.90 Å². The summed E-state index contributed by atoms with van der Waals surface area (Å²) in [6, 6.07) is 14.6. The maximum atomic E-state index is 12.0. The van der Waals surface area contributed by atoms with Gasteiger partial charge in [0, 0.05) is 18.0 Å². The summed E-state index contributed by atoms with van der Waals surface area (Å²) in [5.74, 6) is 0.395. The van der Waals surface area contributed by atoms with Crippen LogP contribution in [-0.4, -0.2) is 29.6 Å². The highest BCUT2D eigenvalue weighted by molar-refractivity contribution is 7.90. The molecule has 2 aromatic heterocycles. The van der Waals surface area contributed by atoms with E-state index in [1.54, 1.807) is 18.3 Å². The van der Waals surface area contributed by atoms with Gasteiger partial charge < -0.3 is 0 Å². The first-order chi connectivity index (χ1) is 10.6. The molecule has 110 valence electrons. The molecule has 0 atom stereocenters. The Hall–Kier alpha value is -2.60. The van der Waals surface area contributed by atoms with Gasteiger partial charge in [0.15, 0.2) is 15.7 Å².